The summed E-state index contributed by atoms with van der Waals surface area (Å²) in [6.45, 7) is 5.68. The second-order valence-electron chi connectivity index (χ2n) is 4.56. The summed E-state index contributed by atoms with van der Waals surface area (Å²) < 4.78 is 0. The fourth-order valence-corrected chi connectivity index (χ4v) is 2.02. The molecular formula is C14H17N5O2. The van der Waals surface area contributed by atoms with Crippen LogP contribution in [-0.2, 0) is 9.59 Å². The van der Waals surface area contributed by atoms with E-state index in [1.807, 2.05) is 13.0 Å². The number of nitrogens with two attached hydrogens (primary N) is 1. The van der Waals surface area contributed by atoms with Crippen LogP contribution in [0.2, 0.25) is 0 Å². The zero-order valence-electron chi connectivity index (χ0n) is 11.7. The summed E-state index contributed by atoms with van der Waals surface area (Å²) in [7, 11) is 0. The van der Waals surface area contributed by atoms with Crippen molar-refractivity contribution < 1.29 is 9.59 Å². The summed E-state index contributed by atoms with van der Waals surface area (Å²) in [5.74, 6) is 4.31. The zero-order valence-corrected chi connectivity index (χ0v) is 11.7. The molecule has 0 aliphatic carbocycles. The summed E-state index contributed by atoms with van der Waals surface area (Å²) in [5.41, 5.74) is 10.2. The predicted molar refractivity (Wildman–Crippen MR) is 79.3 cm³/mol. The van der Waals surface area contributed by atoms with Gasteiger partial charge in [-0.2, -0.15) is 0 Å². The van der Waals surface area contributed by atoms with Gasteiger partial charge in [-0.1, -0.05) is 19.6 Å². The number of carbonyl (C=O) groups excluding carboxylic acids is 2. The first kappa shape index (κ1) is 14.7. The van der Waals surface area contributed by atoms with Gasteiger partial charge in [-0.05, 0) is 18.1 Å². The van der Waals surface area contributed by atoms with Crippen molar-refractivity contribution in [1.29, 1.82) is 0 Å². The van der Waals surface area contributed by atoms with Crippen molar-refractivity contribution in [1.82, 2.24) is 16.3 Å². The maximum Gasteiger partial charge on any atom is 0.268 e. The number of hydrogen-bond acceptors (Lipinski definition) is 5. The first-order valence-electron chi connectivity index (χ1n) is 6.50. The minimum Gasteiger partial charge on any atom is -0.301 e. The van der Waals surface area contributed by atoms with Gasteiger partial charge in [0, 0.05) is 23.9 Å². The van der Waals surface area contributed by atoms with E-state index in [1.165, 1.54) is 6.21 Å². The lowest BCUT2D eigenvalue weighted by atomic mass is 10.0. The Labute approximate surface area is 122 Å². The third-order valence-corrected chi connectivity index (χ3v) is 3.25. The molecule has 0 saturated heterocycles. The normalized spacial score (nSPS) is 23.3. The number of dihydropyridines is 1. The largest absolute Gasteiger partial charge is 0.301 e. The molecule has 0 aromatic carbocycles. The molecule has 0 aromatic rings. The highest BCUT2D eigenvalue weighted by Gasteiger charge is 2.21. The lowest BCUT2D eigenvalue weighted by Crippen LogP contribution is -2.41. The summed E-state index contributed by atoms with van der Waals surface area (Å²) in [5, 5.41) is 0. The highest BCUT2D eigenvalue weighted by molar-refractivity contribution is 6.13. The van der Waals surface area contributed by atoms with E-state index in [2.05, 4.69) is 27.8 Å². The fourth-order valence-electron chi connectivity index (χ4n) is 2.02. The molecule has 5 N–H and O–H groups in total. The molecular weight excluding hydrogens is 270 g/mol. The van der Waals surface area contributed by atoms with Crippen molar-refractivity contribution in [3.05, 3.63) is 46.8 Å². The molecule has 0 spiro atoms. The first-order valence-corrected chi connectivity index (χ1v) is 6.50. The van der Waals surface area contributed by atoms with E-state index in [9.17, 15) is 9.59 Å². The van der Waals surface area contributed by atoms with Crippen molar-refractivity contribution >= 4 is 18.0 Å². The van der Waals surface area contributed by atoms with Gasteiger partial charge in [-0.25, -0.2) is 5.84 Å². The molecule has 0 unspecified atom stereocenters. The Morgan fingerprint density at radius 3 is 2.90 bits per heavy atom. The zero-order chi connectivity index (χ0) is 15.4. The van der Waals surface area contributed by atoms with Crippen molar-refractivity contribution in [3.8, 4) is 0 Å². The Bertz CT molecular complexity index is 625. The molecule has 2 aliphatic heterocycles. The fraction of sp³-hybridized carbons (Fsp3) is 0.214. The van der Waals surface area contributed by atoms with Crippen LogP contribution >= 0.6 is 0 Å². The number of carbonyl (C=O) groups is 2. The lowest BCUT2D eigenvalue weighted by Gasteiger charge is -2.21. The SMILES string of the molecule is C=C1/C=C\C(CC)=C2/CC(=C(C(=O)NN)C=N2)NNC1=O. The van der Waals surface area contributed by atoms with Crippen LogP contribution in [-0.4, -0.2) is 18.0 Å². The van der Waals surface area contributed by atoms with Gasteiger partial charge in [0.2, 0.25) is 0 Å². The van der Waals surface area contributed by atoms with Gasteiger partial charge < -0.3 is 5.43 Å². The molecule has 2 amide bonds. The summed E-state index contributed by atoms with van der Waals surface area (Å²) in [4.78, 5) is 27.9. The summed E-state index contributed by atoms with van der Waals surface area (Å²) in [6.07, 6.45) is 6.07. The van der Waals surface area contributed by atoms with Crippen molar-refractivity contribution in [2.75, 3.05) is 0 Å². The molecule has 2 aliphatic rings. The Morgan fingerprint density at radius 1 is 1.48 bits per heavy atom. The van der Waals surface area contributed by atoms with Crippen LogP contribution in [0.15, 0.2) is 51.8 Å². The van der Waals surface area contributed by atoms with E-state index >= 15 is 0 Å². The molecule has 2 bridgehead atoms. The Balaban J connectivity index is 2.49. The van der Waals surface area contributed by atoms with E-state index in [0.29, 0.717) is 17.7 Å². The first-order chi connectivity index (χ1) is 10.1. The Morgan fingerprint density at radius 2 is 2.24 bits per heavy atom. The number of allylic oxidation sites excluding steroid dienone is 2. The molecule has 2 heterocycles. The Kier molecular flexibility index (Phi) is 4.34. The smallest absolute Gasteiger partial charge is 0.268 e. The molecule has 0 radical (unpaired) electrons. The van der Waals surface area contributed by atoms with Crippen LogP contribution in [0.4, 0.5) is 0 Å². The number of fused-ring (bicyclic) bond motifs is 2. The average molecular weight is 287 g/mol. The number of hydrazine groups is 2. The highest BCUT2D eigenvalue weighted by Crippen LogP contribution is 2.24. The topological polar surface area (TPSA) is 109 Å². The third-order valence-electron chi connectivity index (χ3n) is 3.25. The van der Waals surface area contributed by atoms with E-state index in [-0.39, 0.29) is 11.5 Å². The van der Waals surface area contributed by atoms with Gasteiger partial charge in [-0.3, -0.25) is 25.4 Å². The lowest BCUT2D eigenvalue weighted by molar-refractivity contribution is -0.118. The molecule has 0 atom stereocenters. The number of hydrogen-bond donors (Lipinski definition) is 4. The maximum absolute atomic E-state index is 11.8. The molecule has 0 fully saturated rings. The van der Waals surface area contributed by atoms with E-state index in [1.54, 1.807) is 6.08 Å². The summed E-state index contributed by atoms with van der Waals surface area (Å²) >= 11 is 0. The van der Waals surface area contributed by atoms with E-state index < -0.39 is 5.91 Å². The van der Waals surface area contributed by atoms with Crippen molar-refractivity contribution in [2.45, 2.75) is 19.8 Å². The monoisotopic (exact) mass is 287 g/mol. The number of aliphatic imine (C=N–C) groups is 1. The van der Waals surface area contributed by atoms with Gasteiger partial charge in [0.25, 0.3) is 11.8 Å². The number of amides is 2. The van der Waals surface area contributed by atoms with Crippen LogP contribution < -0.4 is 22.1 Å². The van der Waals surface area contributed by atoms with Crippen LogP contribution in [0.1, 0.15) is 19.8 Å². The molecule has 110 valence electrons. The van der Waals surface area contributed by atoms with Crippen LogP contribution in [0, 0.1) is 0 Å². The van der Waals surface area contributed by atoms with Gasteiger partial charge in [0.05, 0.1) is 11.3 Å². The van der Waals surface area contributed by atoms with Crippen LogP contribution in [0.3, 0.4) is 0 Å². The van der Waals surface area contributed by atoms with Crippen molar-refractivity contribution in [2.24, 2.45) is 10.8 Å². The summed E-state index contributed by atoms with van der Waals surface area (Å²) in [6, 6.07) is 0. The molecule has 21 heavy (non-hydrogen) atoms. The van der Waals surface area contributed by atoms with Gasteiger partial charge in [0.15, 0.2) is 0 Å². The van der Waals surface area contributed by atoms with E-state index in [4.69, 9.17) is 5.84 Å². The number of nitrogens with zero attached hydrogens (tertiary/aromatic N) is 1. The molecule has 7 nitrogen and oxygen atoms in total. The molecule has 0 aromatic heterocycles. The van der Waals surface area contributed by atoms with Crippen molar-refractivity contribution in [3.63, 3.8) is 0 Å². The average Bonchev–Trinajstić information content (AvgIpc) is 2.51. The highest BCUT2D eigenvalue weighted by atomic mass is 16.2. The van der Waals surface area contributed by atoms with Crippen LogP contribution in [0.25, 0.3) is 0 Å². The standard InChI is InChI=1S/C14H17N5O2/c1-3-9-5-4-8(2)13(20)19-18-12-6-11(9)16-7-10(12)14(21)17-15/h4-5,7,18H,2-3,6,15H2,1H3,(H,17,21)(H,19,20)/b5-4-,11-9+. The maximum atomic E-state index is 11.8. The minimum atomic E-state index is -0.473. The van der Waals surface area contributed by atoms with Gasteiger partial charge >= 0.3 is 0 Å². The second-order valence-corrected chi connectivity index (χ2v) is 4.56. The van der Waals surface area contributed by atoms with E-state index in [0.717, 1.165) is 17.7 Å². The number of rotatable bonds is 2. The third kappa shape index (κ3) is 3.09. The van der Waals surface area contributed by atoms with Gasteiger partial charge in [0.1, 0.15) is 0 Å². The second kappa shape index (κ2) is 6.19. The van der Waals surface area contributed by atoms with Crippen LogP contribution in [0.5, 0.6) is 0 Å². The minimum absolute atomic E-state index is 0.284. The Hall–Kier alpha value is -2.67. The quantitative estimate of drug-likeness (QED) is 0.250. The predicted octanol–water partition coefficient (Wildman–Crippen LogP) is 0.116. The molecule has 2 rings (SSSR count). The van der Waals surface area contributed by atoms with Gasteiger partial charge in [-0.15, -0.1) is 0 Å². The molecule has 0 saturated carbocycles. The molecule has 7 heteroatoms. The number of nitrogens with one attached hydrogen (secondary N) is 3.